The zero-order valence-electron chi connectivity index (χ0n) is 12.9. The Kier molecular flexibility index (Phi) is 4.43. The van der Waals surface area contributed by atoms with Crippen molar-refractivity contribution in [2.45, 2.75) is 13.5 Å². The number of nitrogens with zero attached hydrogens (tertiary/aromatic N) is 2. The highest BCUT2D eigenvalue weighted by Gasteiger charge is 2.07. The van der Waals surface area contributed by atoms with Crippen molar-refractivity contribution in [3.05, 3.63) is 83.9 Å². The van der Waals surface area contributed by atoms with Gasteiger partial charge in [-0.15, -0.1) is 0 Å². The third-order valence-corrected chi connectivity index (χ3v) is 3.56. The van der Waals surface area contributed by atoms with Crippen LogP contribution < -0.4 is 5.32 Å². The van der Waals surface area contributed by atoms with Gasteiger partial charge in [0.25, 0.3) is 5.91 Å². The Morgan fingerprint density at radius 3 is 2.43 bits per heavy atom. The normalized spacial score (nSPS) is 10.3. The third-order valence-electron chi connectivity index (χ3n) is 3.56. The average Bonchev–Trinajstić information content (AvgIpc) is 2.61. The molecule has 2 heterocycles. The number of pyridine rings is 2. The lowest BCUT2D eigenvalue weighted by Gasteiger charge is -2.06. The first-order valence-corrected chi connectivity index (χ1v) is 7.42. The fourth-order valence-electron chi connectivity index (χ4n) is 2.22. The molecule has 0 aliphatic rings. The Labute approximate surface area is 135 Å². The molecule has 0 radical (unpaired) electrons. The summed E-state index contributed by atoms with van der Waals surface area (Å²) in [6.45, 7) is 2.49. The molecule has 0 saturated carbocycles. The Bertz CT molecular complexity index is 781. The van der Waals surface area contributed by atoms with E-state index in [0.717, 1.165) is 16.7 Å². The highest BCUT2D eigenvalue weighted by atomic mass is 16.1. The second-order valence-corrected chi connectivity index (χ2v) is 5.34. The van der Waals surface area contributed by atoms with Gasteiger partial charge in [-0.1, -0.05) is 42.0 Å². The largest absolute Gasteiger partial charge is 0.347 e. The van der Waals surface area contributed by atoms with Gasteiger partial charge in [0.2, 0.25) is 0 Å². The number of benzene rings is 1. The summed E-state index contributed by atoms with van der Waals surface area (Å²) in [4.78, 5) is 20.4. The number of hydrogen-bond acceptors (Lipinski definition) is 3. The predicted octanol–water partition coefficient (Wildman–Crippen LogP) is 3.38. The van der Waals surface area contributed by atoms with E-state index in [1.165, 1.54) is 5.56 Å². The summed E-state index contributed by atoms with van der Waals surface area (Å²) in [5, 5.41) is 2.84. The van der Waals surface area contributed by atoms with Crippen LogP contribution >= 0.6 is 0 Å². The standard InChI is InChI=1S/C19H17N3O/c1-14-4-6-16(7-5-14)17-8-9-18(21-13-17)19(23)22-12-15-3-2-10-20-11-15/h2-11,13H,12H2,1H3,(H,22,23). The maximum Gasteiger partial charge on any atom is 0.270 e. The summed E-state index contributed by atoms with van der Waals surface area (Å²) in [5.74, 6) is -0.190. The summed E-state index contributed by atoms with van der Waals surface area (Å²) in [6.07, 6.45) is 5.16. The number of carbonyl (C=O) groups is 1. The van der Waals surface area contributed by atoms with E-state index in [1.54, 1.807) is 24.7 Å². The van der Waals surface area contributed by atoms with Crippen LogP contribution in [0.25, 0.3) is 11.1 Å². The summed E-state index contributed by atoms with van der Waals surface area (Å²) in [7, 11) is 0. The number of aryl methyl sites for hydroxylation is 1. The predicted molar refractivity (Wildman–Crippen MR) is 89.8 cm³/mol. The first-order valence-electron chi connectivity index (χ1n) is 7.42. The number of nitrogens with one attached hydrogen (secondary N) is 1. The second kappa shape index (κ2) is 6.83. The van der Waals surface area contributed by atoms with Crippen molar-refractivity contribution < 1.29 is 4.79 Å². The Morgan fingerprint density at radius 2 is 1.78 bits per heavy atom. The number of rotatable bonds is 4. The Morgan fingerprint density at radius 1 is 1.00 bits per heavy atom. The lowest BCUT2D eigenvalue weighted by molar-refractivity contribution is 0.0946. The third kappa shape index (κ3) is 3.80. The van der Waals surface area contributed by atoms with Crippen LogP contribution in [0.2, 0.25) is 0 Å². The molecular formula is C19H17N3O. The minimum atomic E-state index is -0.190. The van der Waals surface area contributed by atoms with Crippen molar-refractivity contribution in [2.24, 2.45) is 0 Å². The van der Waals surface area contributed by atoms with Crippen molar-refractivity contribution in [3.8, 4) is 11.1 Å². The fourth-order valence-corrected chi connectivity index (χ4v) is 2.22. The molecule has 0 aliphatic carbocycles. The summed E-state index contributed by atoms with van der Waals surface area (Å²) < 4.78 is 0. The van der Waals surface area contributed by atoms with Gasteiger partial charge in [0.15, 0.2) is 0 Å². The molecule has 3 rings (SSSR count). The van der Waals surface area contributed by atoms with E-state index in [9.17, 15) is 4.79 Å². The molecule has 4 heteroatoms. The van der Waals surface area contributed by atoms with E-state index in [-0.39, 0.29) is 5.91 Å². The molecular weight excluding hydrogens is 286 g/mol. The van der Waals surface area contributed by atoms with E-state index in [2.05, 4.69) is 46.5 Å². The molecule has 1 amide bonds. The lowest BCUT2D eigenvalue weighted by Crippen LogP contribution is -2.23. The van der Waals surface area contributed by atoms with Crippen LogP contribution in [0.15, 0.2) is 67.1 Å². The summed E-state index contributed by atoms with van der Waals surface area (Å²) in [5.41, 5.74) is 4.66. The van der Waals surface area contributed by atoms with Gasteiger partial charge in [-0.05, 0) is 30.2 Å². The smallest absolute Gasteiger partial charge is 0.270 e. The van der Waals surface area contributed by atoms with Gasteiger partial charge in [0.1, 0.15) is 5.69 Å². The molecule has 1 N–H and O–H groups in total. The molecule has 1 aromatic carbocycles. The van der Waals surface area contributed by atoms with E-state index in [1.807, 2.05) is 18.2 Å². The van der Waals surface area contributed by atoms with Gasteiger partial charge in [-0.3, -0.25) is 14.8 Å². The number of carbonyl (C=O) groups excluding carboxylic acids is 1. The molecule has 2 aromatic heterocycles. The first kappa shape index (κ1) is 14.9. The molecule has 0 bridgehead atoms. The van der Waals surface area contributed by atoms with Gasteiger partial charge in [0, 0.05) is 30.7 Å². The molecule has 114 valence electrons. The van der Waals surface area contributed by atoms with E-state index >= 15 is 0 Å². The van der Waals surface area contributed by atoms with Gasteiger partial charge in [0.05, 0.1) is 0 Å². The minimum absolute atomic E-state index is 0.190. The summed E-state index contributed by atoms with van der Waals surface area (Å²) in [6, 6.07) is 15.6. The molecule has 4 nitrogen and oxygen atoms in total. The molecule has 0 fully saturated rings. The van der Waals surface area contributed by atoms with Crippen LogP contribution in [0.4, 0.5) is 0 Å². The van der Waals surface area contributed by atoms with Crippen LogP contribution in [-0.2, 0) is 6.54 Å². The maximum absolute atomic E-state index is 12.1. The molecule has 23 heavy (non-hydrogen) atoms. The number of aromatic nitrogens is 2. The van der Waals surface area contributed by atoms with E-state index in [4.69, 9.17) is 0 Å². The fraction of sp³-hybridized carbons (Fsp3) is 0.105. The number of amides is 1. The van der Waals surface area contributed by atoms with E-state index in [0.29, 0.717) is 12.2 Å². The monoisotopic (exact) mass is 303 g/mol. The van der Waals surface area contributed by atoms with Gasteiger partial charge in [-0.25, -0.2) is 0 Å². The highest BCUT2D eigenvalue weighted by molar-refractivity contribution is 5.92. The second-order valence-electron chi connectivity index (χ2n) is 5.34. The molecule has 0 spiro atoms. The molecule has 0 atom stereocenters. The van der Waals surface area contributed by atoms with Crippen LogP contribution in [0.3, 0.4) is 0 Å². The Balaban J connectivity index is 1.67. The Hall–Kier alpha value is -3.01. The SMILES string of the molecule is Cc1ccc(-c2ccc(C(=O)NCc3cccnc3)nc2)cc1. The molecule has 0 saturated heterocycles. The quantitative estimate of drug-likeness (QED) is 0.804. The van der Waals surface area contributed by atoms with Crippen molar-refractivity contribution in [2.75, 3.05) is 0 Å². The summed E-state index contributed by atoms with van der Waals surface area (Å²) >= 11 is 0. The van der Waals surface area contributed by atoms with Crippen LogP contribution in [0.1, 0.15) is 21.6 Å². The first-order chi connectivity index (χ1) is 11.2. The molecule has 0 unspecified atom stereocenters. The average molecular weight is 303 g/mol. The zero-order chi connectivity index (χ0) is 16.1. The van der Waals surface area contributed by atoms with E-state index < -0.39 is 0 Å². The molecule has 0 aliphatic heterocycles. The minimum Gasteiger partial charge on any atom is -0.347 e. The zero-order valence-corrected chi connectivity index (χ0v) is 12.9. The van der Waals surface area contributed by atoms with Crippen molar-refractivity contribution >= 4 is 5.91 Å². The van der Waals surface area contributed by atoms with Crippen LogP contribution in [0.5, 0.6) is 0 Å². The highest BCUT2D eigenvalue weighted by Crippen LogP contribution is 2.18. The number of hydrogen-bond donors (Lipinski definition) is 1. The van der Waals surface area contributed by atoms with Crippen molar-refractivity contribution in [1.82, 2.24) is 15.3 Å². The van der Waals surface area contributed by atoms with Crippen LogP contribution in [-0.4, -0.2) is 15.9 Å². The van der Waals surface area contributed by atoms with Crippen LogP contribution in [0, 0.1) is 6.92 Å². The molecule has 3 aromatic rings. The van der Waals surface area contributed by atoms with Crippen molar-refractivity contribution in [1.29, 1.82) is 0 Å². The topological polar surface area (TPSA) is 54.9 Å². The maximum atomic E-state index is 12.1. The van der Waals surface area contributed by atoms with Crippen molar-refractivity contribution in [3.63, 3.8) is 0 Å². The van der Waals surface area contributed by atoms with Gasteiger partial charge < -0.3 is 5.32 Å². The van der Waals surface area contributed by atoms with Gasteiger partial charge >= 0.3 is 0 Å². The lowest BCUT2D eigenvalue weighted by atomic mass is 10.1. The van der Waals surface area contributed by atoms with Gasteiger partial charge in [-0.2, -0.15) is 0 Å².